The quantitative estimate of drug-likeness (QED) is 0.103. The Morgan fingerprint density at radius 3 is 2.32 bits per heavy atom. The Balaban J connectivity index is 0.000000277. The fourth-order valence-corrected chi connectivity index (χ4v) is 7.62. The maximum atomic E-state index is 12.7. The van der Waals surface area contributed by atoms with E-state index in [2.05, 4.69) is 43.0 Å². The molecule has 0 bridgehead atoms. The number of hydrogen-bond donors (Lipinski definition) is 1. The Morgan fingerprint density at radius 2 is 1.74 bits per heavy atom. The largest absolute Gasteiger partial charge is 0.458 e. The highest BCUT2D eigenvalue weighted by Gasteiger charge is 2.61. The fourth-order valence-electron chi connectivity index (χ4n) is 4.92. The van der Waals surface area contributed by atoms with Crippen LogP contribution in [-0.4, -0.2) is 24.9 Å². The van der Waals surface area contributed by atoms with Crippen molar-refractivity contribution in [3.05, 3.63) is 93.4 Å². The molecule has 4 atom stereocenters. The van der Waals surface area contributed by atoms with E-state index < -0.39 is 13.9 Å². The van der Waals surface area contributed by atoms with Crippen molar-refractivity contribution in [1.82, 2.24) is 5.09 Å². The summed E-state index contributed by atoms with van der Waals surface area (Å²) in [5, 5.41) is 12.4. The van der Waals surface area contributed by atoms with Gasteiger partial charge in [0.25, 0.3) is 0 Å². The Kier molecular flexibility index (Phi) is 14.6. The van der Waals surface area contributed by atoms with E-state index in [0.29, 0.717) is 29.4 Å². The average molecular weight is 809 g/mol. The number of nitriles is 1. The van der Waals surface area contributed by atoms with Gasteiger partial charge in [-0.3, -0.25) is 9.32 Å². The van der Waals surface area contributed by atoms with E-state index in [1.807, 2.05) is 95.5 Å². The molecule has 0 spiro atoms. The summed E-state index contributed by atoms with van der Waals surface area (Å²) in [6, 6.07) is 24.1. The van der Waals surface area contributed by atoms with Crippen LogP contribution < -0.4 is 14.3 Å². The number of benzene rings is 3. The maximum absolute atomic E-state index is 12.7. The van der Waals surface area contributed by atoms with Crippen molar-refractivity contribution in [2.45, 2.75) is 58.6 Å². The van der Waals surface area contributed by atoms with E-state index in [9.17, 15) is 14.6 Å². The third-order valence-electron chi connectivity index (χ3n) is 7.27. The van der Waals surface area contributed by atoms with Crippen LogP contribution in [0.1, 0.15) is 51.8 Å². The summed E-state index contributed by atoms with van der Waals surface area (Å²) in [5.74, 6) is 1.24. The van der Waals surface area contributed by atoms with Crippen LogP contribution in [-0.2, 0) is 18.6 Å². The van der Waals surface area contributed by atoms with Gasteiger partial charge in [-0.15, -0.1) is 11.8 Å². The van der Waals surface area contributed by atoms with E-state index in [0.717, 1.165) is 8.96 Å². The second-order valence-electron chi connectivity index (χ2n) is 11.6. The molecule has 3 aromatic rings. The topological polar surface area (TPSA) is 107 Å². The van der Waals surface area contributed by atoms with Crippen molar-refractivity contribution < 1.29 is 27.9 Å². The molecular weight excluding hydrogens is 767 g/mol. The van der Waals surface area contributed by atoms with Gasteiger partial charge in [-0.1, -0.05) is 50.3 Å². The standard InChI is InChI=1S/C22H19Br2NO3.C13H22NO3PS/c1-22(2)17(12-19(23)24)20(22)21(26)28-18(13-25)14-7-6-10-16(11-14)27-15-8-4-3-5-9-15;1-6-16-18(15,14-10(2)3)17-12-7-8-13(19-5)11(4)9-12/h3-12,17-18,20H,1-2H3;7-10H,6H2,1-5H3,(H,14,15)/t17-,18+,20-;/m0./s1. The summed E-state index contributed by atoms with van der Waals surface area (Å²) in [6.45, 7) is 11.9. The molecule has 1 fully saturated rings. The van der Waals surface area contributed by atoms with Crippen molar-refractivity contribution >= 4 is 57.3 Å². The smallest absolute Gasteiger partial charge is 0.457 e. The van der Waals surface area contributed by atoms with E-state index in [-0.39, 0.29) is 29.3 Å². The van der Waals surface area contributed by atoms with Crippen LogP contribution in [0.4, 0.5) is 0 Å². The Bertz CT molecular complexity index is 1630. The zero-order chi connectivity index (χ0) is 34.8. The molecule has 1 aliphatic carbocycles. The summed E-state index contributed by atoms with van der Waals surface area (Å²) in [6.07, 6.45) is 2.98. The van der Waals surface area contributed by atoms with Crippen LogP contribution in [0.15, 0.2) is 87.2 Å². The van der Waals surface area contributed by atoms with Crippen LogP contribution in [0.5, 0.6) is 17.2 Å². The van der Waals surface area contributed by atoms with Crippen LogP contribution in [0.25, 0.3) is 0 Å². The van der Waals surface area contributed by atoms with Gasteiger partial charge in [0, 0.05) is 16.5 Å². The minimum absolute atomic E-state index is 0.0175. The van der Waals surface area contributed by atoms with Crippen LogP contribution >= 0.6 is 51.4 Å². The lowest BCUT2D eigenvalue weighted by molar-refractivity contribution is -0.149. The second-order valence-corrected chi connectivity index (χ2v) is 17.0. The molecule has 3 aromatic carbocycles. The Labute approximate surface area is 299 Å². The van der Waals surface area contributed by atoms with E-state index >= 15 is 0 Å². The maximum Gasteiger partial charge on any atom is 0.458 e. The first kappa shape index (κ1) is 38.9. The second kappa shape index (κ2) is 17.7. The number of nitrogens with one attached hydrogen (secondary N) is 1. The highest BCUT2D eigenvalue weighted by Crippen LogP contribution is 2.60. The van der Waals surface area contributed by atoms with Crippen LogP contribution in [0, 0.1) is 35.5 Å². The molecule has 4 rings (SSSR count). The molecule has 0 aliphatic heterocycles. The molecule has 0 saturated heterocycles. The van der Waals surface area contributed by atoms with Gasteiger partial charge in [-0.2, -0.15) is 5.26 Å². The number of halogens is 2. The third-order valence-corrected chi connectivity index (χ3v) is 10.6. The number of thioether (sulfide) groups is 1. The zero-order valence-corrected chi connectivity index (χ0v) is 32.4. The number of ether oxygens (including phenoxy) is 2. The highest BCUT2D eigenvalue weighted by atomic mass is 79.9. The minimum Gasteiger partial charge on any atom is -0.457 e. The number of carbonyl (C=O) groups is 1. The third kappa shape index (κ3) is 11.5. The molecule has 0 amide bonds. The van der Waals surface area contributed by atoms with Gasteiger partial charge < -0.3 is 14.0 Å². The fraction of sp³-hybridized carbons (Fsp3) is 0.371. The van der Waals surface area contributed by atoms with Crippen LogP contribution in [0.3, 0.4) is 0 Å². The van der Waals surface area contributed by atoms with Crippen molar-refractivity contribution in [3.8, 4) is 23.3 Å². The summed E-state index contributed by atoms with van der Waals surface area (Å²) in [4.78, 5) is 13.8. The van der Waals surface area contributed by atoms with Gasteiger partial charge in [-0.25, -0.2) is 9.65 Å². The molecule has 1 aliphatic rings. The molecule has 0 aromatic heterocycles. The van der Waals surface area contributed by atoms with E-state index in [4.69, 9.17) is 18.5 Å². The molecule has 47 heavy (non-hydrogen) atoms. The average Bonchev–Trinajstić information content (AvgIpc) is 3.54. The van der Waals surface area contributed by atoms with Gasteiger partial charge in [-0.05, 0) is 125 Å². The predicted molar refractivity (Wildman–Crippen MR) is 195 cm³/mol. The first-order valence-corrected chi connectivity index (χ1v) is 19.4. The van der Waals surface area contributed by atoms with Gasteiger partial charge >= 0.3 is 13.7 Å². The summed E-state index contributed by atoms with van der Waals surface area (Å²) in [5.41, 5.74) is 1.47. The number of nitrogens with zero attached hydrogens (tertiary/aromatic N) is 1. The van der Waals surface area contributed by atoms with Gasteiger partial charge in [0.2, 0.25) is 6.10 Å². The summed E-state index contributed by atoms with van der Waals surface area (Å²) in [7, 11) is -3.30. The van der Waals surface area contributed by atoms with Crippen molar-refractivity contribution in [3.63, 3.8) is 0 Å². The van der Waals surface area contributed by atoms with Crippen molar-refractivity contribution in [2.75, 3.05) is 12.9 Å². The van der Waals surface area contributed by atoms with Crippen molar-refractivity contribution in [1.29, 1.82) is 5.26 Å². The van der Waals surface area contributed by atoms with Gasteiger partial charge in [0.15, 0.2) is 0 Å². The zero-order valence-electron chi connectivity index (χ0n) is 27.5. The number of allylic oxidation sites excluding steroid dienone is 1. The molecule has 1 saturated carbocycles. The lowest BCUT2D eigenvalue weighted by atomic mass is 10.1. The molecule has 12 heteroatoms. The Hall–Kier alpha value is -2.58. The molecule has 1 unspecified atom stereocenters. The number of hydrogen-bond acceptors (Lipinski definition) is 8. The monoisotopic (exact) mass is 806 g/mol. The molecule has 0 heterocycles. The Morgan fingerprint density at radius 1 is 1.06 bits per heavy atom. The molecule has 252 valence electrons. The van der Waals surface area contributed by atoms with Gasteiger partial charge in [0.1, 0.15) is 23.3 Å². The van der Waals surface area contributed by atoms with Crippen LogP contribution in [0.2, 0.25) is 0 Å². The van der Waals surface area contributed by atoms with Gasteiger partial charge in [0.05, 0.1) is 15.9 Å². The molecule has 1 N–H and O–H groups in total. The predicted octanol–water partition coefficient (Wildman–Crippen LogP) is 10.7. The molecule has 8 nitrogen and oxygen atoms in total. The van der Waals surface area contributed by atoms with E-state index in [1.165, 1.54) is 4.90 Å². The summed E-state index contributed by atoms with van der Waals surface area (Å²) >= 11 is 8.35. The molecule has 0 radical (unpaired) electrons. The molecular formula is C35H41Br2N2O6PS. The number of para-hydroxylation sites is 1. The lowest BCUT2D eigenvalue weighted by Crippen LogP contribution is -2.23. The number of carbonyl (C=O) groups excluding carboxylic acids is 1. The first-order valence-electron chi connectivity index (χ1n) is 15.0. The van der Waals surface area contributed by atoms with E-state index in [1.54, 1.807) is 43.0 Å². The normalized spacial score (nSPS) is 18.0. The minimum atomic E-state index is -3.30. The number of aryl methyl sites for hydroxylation is 1. The number of rotatable bonds is 13. The number of esters is 1. The lowest BCUT2D eigenvalue weighted by Gasteiger charge is -2.21. The summed E-state index contributed by atoms with van der Waals surface area (Å²) < 4.78 is 35.5. The SMILES string of the molecule is CC1(C)[C@H](C(=O)O[C@H](C#N)c2cccc(Oc3ccccc3)c2)[C@@H]1C=C(Br)Br.CCOP(=O)(NC(C)C)Oc1ccc(SC)c(C)c1. The van der Waals surface area contributed by atoms with Crippen molar-refractivity contribution in [2.24, 2.45) is 17.3 Å². The first-order chi connectivity index (χ1) is 22.2. The highest BCUT2D eigenvalue weighted by molar-refractivity contribution is 9.28.